The Balaban J connectivity index is 1.12. The molecule has 3 heterocycles. The Morgan fingerprint density at radius 1 is 1.15 bits per heavy atom. The van der Waals surface area contributed by atoms with Crippen LogP contribution < -0.4 is 15.4 Å². The molecule has 0 saturated carbocycles. The Labute approximate surface area is 223 Å². The minimum absolute atomic E-state index is 0.0263. The van der Waals surface area contributed by atoms with E-state index in [-0.39, 0.29) is 17.4 Å². The predicted octanol–water partition coefficient (Wildman–Crippen LogP) is 4.20. The second-order valence-corrected chi connectivity index (χ2v) is 8.79. The molecule has 0 bridgehead atoms. The zero-order valence-corrected chi connectivity index (χ0v) is 20.8. The van der Waals surface area contributed by atoms with Gasteiger partial charge in [0.1, 0.15) is 24.2 Å². The van der Waals surface area contributed by atoms with Crippen LogP contribution in [0, 0.1) is 0 Å². The van der Waals surface area contributed by atoms with Crippen LogP contribution in [-0.2, 0) is 24.2 Å². The van der Waals surface area contributed by atoms with Gasteiger partial charge in [-0.15, -0.1) is 23.4 Å². The number of nitrogens with zero attached hydrogens (tertiary/aromatic N) is 5. The van der Waals surface area contributed by atoms with Crippen molar-refractivity contribution in [2.75, 3.05) is 11.9 Å². The molecule has 3 aromatic heterocycles. The van der Waals surface area contributed by atoms with Gasteiger partial charge in [-0.25, -0.2) is 4.98 Å². The van der Waals surface area contributed by atoms with Gasteiger partial charge in [-0.1, -0.05) is 17.7 Å². The topological polar surface area (TPSA) is 136 Å². The van der Waals surface area contributed by atoms with Crippen molar-refractivity contribution in [1.29, 1.82) is 0 Å². The Morgan fingerprint density at radius 3 is 2.74 bits per heavy atom. The standard InChI is InChI=1S/C24H20ClF3N8O3/c25-18-5-14(1-2-21(18)39-24(26,27)28)9-29-4-3-23-30-10-16(38-23)8-22(37)34-19-6-15(36-12-32-33-13-36)7-20-17(19)11-31-35-20/h1-2,5-7,10-13,29H,3-4,8-9H2,(H,31,35)(H,34,37). The largest absolute Gasteiger partial charge is 0.573 e. The molecule has 0 fully saturated rings. The van der Waals surface area contributed by atoms with Crippen molar-refractivity contribution < 1.29 is 27.1 Å². The number of anilines is 1. The molecule has 202 valence electrons. The molecular weight excluding hydrogens is 541 g/mol. The van der Waals surface area contributed by atoms with E-state index in [1.807, 2.05) is 6.07 Å². The average Bonchev–Trinajstić information content (AvgIpc) is 3.65. The molecule has 5 rings (SSSR count). The number of hydrogen-bond donors (Lipinski definition) is 3. The van der Waals surface area contributed by atoms with Gasteiger partial charge in [-0.05, 0) is 29.8 Å². The van der Waals surface area contributed by atoms with E-state index in [2.05, 4.69) is 40.7 Å². The molecule has 0 unspecified atom stereocenters. The van der Waals surface area contributed by atoms with Crippen LogP contribution >= 0.6 is 11.6 Å². The first-order valence-electron chi connectivity index (χ1n) is 11.5. The van der Waals surface area contributed by atoms with Gasteiger partial charge < -0.3 is 19.8 Å². The Bertz CT molecular complexity index is 1580. The Morgan fingerprint density at radius 2 is 1.97 bits per heavy atom. The van der Waals surface area contributed by atoms with E-state index in [1.165, 1.54) is 24.4 Å². The van der Waals surface area contributed by atoms with Crippen LogP contribution in [0.15, 0.2) is 59.8 Å². The molecule has 15 heteroatoms. The van der Waals surface area contributed by atoms with Gasteiger partial charge >= 0.3 is 6.36 Å². The molecule has 0 radical (unpaired) electrons. The zero-order chi connectivity index (χ0) is 27.4. The molecule has 0 aliphatic carbocycles. The van der Waals surface area contributed by atoms with E-state index in [9.17, 15) is 18.0 Å². The lowest BCUT2D eigenvalue weighted by Crippen LogP contribution is -2.18. The van der Waals surface area contributed by atoms with Gasteiger partial charge in [0.2, 0.25) is 5.91 Å². The fourth-order valence-electron chi connectivity index (χ4n) is 3.81. The number of alkyl halides is 3. The monoisotopic (exact) mass is 560 g/mol. The van der Waals surface area contributed by atoms with Crippen molar-refractivity contribution in [3.05, 3.63) is 77.6 Å². The van der Waals surface area contributed by atoms with Crippen molar-refractivity contribution in [3.8, 4) is 11.4 Å². The molecule has 1 amide bonds. The maximum Gasteiger partial charge on any atom is 0.573 e. The van der Waals surface area contributed by atoms with Crippen molar-refractivity contribution in [2.24, 2.45) is 0 Å². The molecule has 2 aromatic carbocycles. The highest BCUT2D eigenvalue weighted by atomic mass is 35.5. The SMILES string of the molecule is O=C(Cc1cnc(CCNCc2ccc(OC(F)(F)F)c(Cl)c2)o1)Nc1cc(-n2cnnc2)cc2[nH]ncc12. The number of hydrogen-bond acceptors (Lipinski definition) is 8. The third-order valence-electron chi connectivity index (χ3n) is 5.54. The van der Waals surface area contributed by atoms with E-state index in [1.54, 1.807) is 29.5 Å². The lowest BCUT2D eigenvalue weighted by atomic mass is 10.2. The summed E-state index contributed by atoms with van der Waals surface area (Å²) in [5.74, 6) is 0.0766. The van der Waals surface area contributed by atoms with E-state index >= 15 is 0 Å². The highest BCUT2D eigenvalue weighted by Crippen LogP contribution is 2.31. The summed E-state index contributed by atoms with van der Waals surface area (Å²) in [5.41, 5.74) is 2.73. The lowest BCUT2D eigenvalue weighted by Gasteiger charge is -2.11. The number of H-pyrrole nitrogens is 1. The number of benzene rings is 2. The summed E-state index contributed by atoms with van der Waals surface area (Å²) in [6.45, 7) is 0.831. The number of nitrogens with one attached hydrogen (secondary N) is 3. The number of rotatable bonds is 10. The summed E-state index contributed by atoms with van der Waals surface area (Å²) in [6.07, 6.45) is 1.81. The first kappa shape index (κ1) is 26.2. The Kier molecular flexibility index (Phi) is 7.47. The minimum atomic E-state index is -4.81. The summed E-state index contributed by atoms with van der Waals surface area (Å²) in [5, 5.41) is 21.2. The third kappa shape index (κ3) is 6.72. The Hall–Kier alpha value is -4.43. The molecule has 0 aliphatic rings. The fraction of sp³-hybridized carbons (Fsp3) is 0.208. The number of fused-ring (bicyclic) bond motifs is 1. The van der Waals surface area contributed by atoms with Crippen molar-refractivity contribution >= 4 is 34.1 Å². The lowest BCUT2D eigenvalue weighted by molar-refractivity contribution is -0.274. The van der Waals surface area contributed by atoms with Gasteiger partial charge in [-0.3, -0.25) is 14.5 Å². The van der Waals surface area contributed by atoms with Crippen LogP contribution in [0.2, 0.25) is 5.02 Å². The predicted molar refractivity (Wildman–Crippen MR) is 133 cm³/mol. The molecule has 0 spiro atoms. The maximum atomic E-state index is 12.7. The van der Waals surface area contributed by atoms with E-state index < -0.39 is 12.1 Å². The third-order valence-corrected chi connectivity index (χ3v) is 5.83. The van der Waals surface area contributed by atoms with Gasteiger partial charge in [0, 0.05) is 24.9 Å². The van der Waals surface area contributed by atoms with Gasteiger partial charge in [0.05, 0.1) is 40.7 Å². The second-order valence-electron chi connectivity index (χ2n) is 8.38. The molecule has 11 nitrogen and oxygen atoms in total. The van der Waals surface area contributed by atoms with Crippen molar-refractivity contribution in [1.82, 2.24) is 35.3 Å². The molecule has 0 atom stereocenters. The zero-order valence-electron chi connectivity index (χ0n) is 20.0. The van der Waals surface area contributed by atoms with Crippen LogP contribution in [0.3, 0.4) is 0 Å². The summed E-state index contributed by atoms with van der Waals surface area (Å²) in [6, 6.07) is 7.71. The summed E-state index contributed by atoms with van der Waals surface area (Å²) in [7, 11) is 0. The van der Waals surface area contributed by atoms with Crippen LogP contribution in [0.25, 0.3) is 16.6 Å². The molecule has 3 N–H and O–H groups in total. The minimum Gasteiger partial charge on any atom is -0.445 e. The number of ether oxygens (including phenoxy) is 1. The summed E-state index contributed by atoms with van der Waals surface area (Å²) in [4.78, 5) is 17.0. The van der Waals surface area contributed by atoms with Crippen molar-refractivity contribution in [2.45, 2.75) is 25.7 Å². The molecular formula is C24H20ClF3N8O3. The van der Waals surface area contributed by atoms with Crippen LogP contribution in [0.1, 0.15) is 17.2 Å². The quantitative estimate of drug-likeness (QED) is 0.216. The van der Waals surface area contributed by atoms with Crippen LogP contribution in [0.5, 0.6) is 5.75 Å². The number of aromatic amines is 1. The maximum absolute atomic E-state index is 12.7. The first-order chi connectivity index (χ1) is 18.7. The van der Waals surface area contributed by atoms with E-state index in [0.29, 0.717) is 42.4 Å². The molecule has 39 heavy (non-hydrogen) atoms. The summed E-state index contributed by atoms with van der Waals surface area (Å²) >= 11 is 5.87. The number of carbonyl (C=O) groups is 1. The van der Waals surface area contributed by atoms with E-state index in [0.717, 1.165) is 16.6 Å². The smallest absolute Gasteiger partial charge is 0.445 e. The number of carbonyl (C=O) groups excluding carboxylic acids is 1. The van der Waals surface area contributed by atoms with Crippen LogP contribution in [0.4, 0.5) is 18.9 Å². The number of halogens is 4. The van der Waals surface area contributed by atoms with E-state index in [4.69, 9.17) is 16.0 Å². The normalized spacial score (nSPS) is 11.7. The molecule has 5 aromatic rings. The highest BCUT2D eigenvalue weighted by Gasteiger charge is 2.32. The van der Waals surface area contributed by atoms with Crippen molar-refractivity contribution in [3.63, 3.8) is 0 Å². The fourth-order valence-corrected chi connectivity index (χ4v) is 4.05. The van der Waals surface area contributed by atoms with Gasteiger partial charge in [0.15, 0.2) is 5.89 Å². The molecule has 0 saturated heterocycles. The van der Waals surface area contributed by atoms with Gasteiger partial charge in [0.25, 0.3) is 0 Å². The number of amides is 1. The average molecular weight is 561 g/mol. The second kappa shape index (κ2) is 11.1. The molecule has 0 aliphatic heterocycles. The number of aromatic nitrogens is 6. The number of oxazole rings is 1. The van der Waals surface area contributed by atoms with Crippen LogP contribution in [-0.4, -0.2) is 48.8 Å². The summed E-state index contributed by atoms with van der Waals surface area (Å²) < 4.78 is 48.4. The highest BCUT2D eigenvalue weighted by molar-refractivity contribution is 6.32. The first-order valence-corrected chi connectivity index (χ1v) is 11.9. The van der Waals surface area contributed by atoms with Gasteiger partial charge in [-0.2, -0.15) is 5.10 Å².